The summed E-state index contributed by atoms with van der Waals surface area (Å²) in [5.41, 5.74) is 0.576. The molecule has 0 bridgehead atoms. The van der Waals surface area contributed by atoms with Crippen molar-refractivity contribution >= 4 is 28.2 Å². The molecule has 1 aromatic carbocycles. The van der Waals surface area contributed by atoms with Crippen molar-refractivity contribution in [1.82, 2.24) is 10.6 Å². The summed E-state index contributed by atoms with van der Waals surface area (Å²) in [5.74, 6) is -3.17. The monoisotopic (exact) mass is 354 g/mol. The van der Waals surface area contributed by atoms with E-state index in [9.17, 15) is 22.0 Å². The first-order chi connectivity index (χ1) is 9.89. The highest BCUT2D eigenvalue weighted by molar-refractivity contribution is 7.91. The number of nitrogens with one attached hydrogen (secondary N) is 2. The number of hydrogen-bond acceptors (Lipinski definition) is 4. The molecule has 0 spiro atoms. The average Bonchev–Trinajstić information content (AvgIpc) is 2.37. The zero-order valence-corrected chi connectivity index (χ0v) is 13.2. The van der Waals surface area contributed by atoms with Crippen LogP contribution in [0.3, 0.4) is 0 Å². The second-order valence-electron chi connectivity index (χ2n) is 4.95. The molecule has 1 amide bonds. The van der Waals surface area contributed by atoms with E-state index in [1.165, 1.54) is 12.1 Å². The number of rotatable bonds is 6. The van der Waals surface area contributed by atoms with Crippen LogP contribution >= 0.6 is 12.4 Å². The van der Waals surface area contributed by atoms with Crippen LogP contribution in [0.15, 0.2) is 29.2 Å². The largest absolute Gasteiger partial charge is 0.355 e. The lowest BCUT2D eigenvalue weighted by atomic mass is 10.0. The Hall–Kier alpha value is -1.25. The predicted molar refractivity (Wildman–Crippen MR) is 80.0 cm³/mol. The topological polar surface area (TPSA) is 75.3 Å². The van der Waals surface area contributed by atoms with E-state index >= 15 is 0 Å². The number of amides is 1. The standard InChI is InChI=1S/C13H16F2N2O3S.ClH/c14-13(15)21(19,20)11-3-1-9(2-4-11)5-12(18)17-8-10-6-16-7-10;/h1-4,10,13,16H,5-8H2,(H,17,18);1H. The first-order valence-electron chi connectivity index (χ1n) is 6.48. The molecule has 1 heterocycles. The molecule has 0 aromatic heterocycles. The maximum absolute atomic E-state index is 12.4. The van der Waals surface area contributed by atoms with Crippen molar-refractivity contribution in [2.45, 2.75) is 17.1 Å². The van der Waals surface area contributed by atoms with Gasteiger partial charge in [-0.25, -0.2) is 8.42 Å². The minimum atomic E-state index is -4.58. The molecule has 2 rings (SSSR count). The number of sulfone groups is 1. The summed E-state index contributed by atoms with van der Waals surface area (Å²) >= 11 is 0. The molecular formula is C13H17ClF2N2O3S. The Morgan fingerprint density at radius 3 is 2.32 bits per heavy atom. The lowest BCUT2D eigenvalue weighted by molar-refractivity contribution is -0.120. The van der Waals surface area contributed by atoms with Crippen molar-refractivity contribution < 1.29 is 22.0 Å². The van der Waals surface area contributed by atoms with Gasteiger partial charge in [-0.15, -0.1) is 12.4 Å². The molecule has 2 N–H and O–H groups in total. The maximum atomic E-state index is 12.4. The molecule has 0 aliphatic carbocycles. The summed E-state index contributed by atoms with van der Waals surface area (Å²) in [6, 6.07) is 4.94. The summed E-state index contributed by atoms with van der Waals surface area (Å²) in [4.78, 5) is 11.2. The molecule has 22 heavy (non-hydrogen) atoms. The van der Waals surface area contributed by atoms with E-state index in [1.807, 2.05) is 0 Å². The molecule has 0 radical (unpaired) electrons. The Kier molecular flexibility index (Phi) is 6.70. The molecule has 0 saturated carbocycles. The molecule has 9 heteroatoms. The fraction of sp³-hybridized carbons (Fsp3) is 0.462. The van der Waals surface area contributed by atoms with E-state index in [4.69, 9.17) is 0 Å². The quantitative estimate of drug-likeness (QED) is 0.798. The summed E-state index contributed by atoms with van der Waals surface area (Å²) in [6.07, 6.45) is 0.0924. The smallest absolute Gasteiger partial charge is 0.341 e. The van der Waals surface area contributed by atoms with Crippen LogP contribution in [0.4, 0.5) is 8.78 Å². The van der Waals surface area contributed by atoms with Gasteiger partial charge in [0, 0.05) is 25.6 Å². The number of benzene rings is 1. The van der Waals surface area contributed by atoms with Crippen molar-refractivity contribution in [1.29, 1.82) is 0 Å². The van der Waals surface area contributed by atoms with Crippen LogP contribution in [-0.2, 0) is 21.1 Å². The van der Waals surface area contributed by atoms with Crippen LogP contribution in [0.25, 0.3) is 0 Å². The lowest BCUT2D eigenvalue weighted by Crippen LogP contribution is -2.48. The van der Waals surface area contributed by atoms with Crippen LogP contribution < -0.4 is 10.6 Å². The van der Waals surface area contributed by atoms with Crippen LogP contribution in [0.5, 0.6) is 0 Å². The molecule has 0 atom stereocenters. The molecule has 1 aliphatic rings. The predicted octanol–water partition coefficient (Wildman–Crippen LogP) is 0.983. The molecule has 1 aliphatic heterocycles. The SMILES string of the molecule is Cl.O=C(Cc1ccc(S(=O)(=O)C(F)F)cc1)NCC1CNC1. The molecule has 1 saturated heterocycles. The Labute approximate surface area is 133 Å². The number of hydrogen-bond donors (Lipinski definition) is 2. The summed E-state index contributed by atoms with van der Waals surface area (Å²) in [7, 11) is -4.58. The summed E-state index contributed by atoms with van der Waals surface area (Å²) in [6.45, 7) is 2.38. The van der Waals surface area contributed by atoms with Gasteiger partial charge in [-0.2, -0.15) is 8.78 Å². The summed E-state index contributed by atoms with van der Waals surface area (Å²) in [5, 5.41) is 5.87. The first-order valence-corrected chi connectivity index (χ1v) is 8.02. The highest BCUT2D eigenvalue weighted by Crippen LogP contribution is 2.18. The van der Waals surface area contributed by atoms with Gasteiger partial charge in [-0.1, -0.05) is 12.1 Å². The van der Waals surface area contributed by atoms with Crippen molar-refractivity contribution in [3.05, 3.63) is 29.8 Å². The fourth-order valence-corrected chi connectivity index (χ4v) is 2.62. The molecule has 1 aromatic rings. The van der Waals surface area contributed by atoms with Crippen molar-refractivity contribution in [2.24, 2.45) is 5.92 Å². The second kappa shape index (κ2) is 7.85. The van der Waals surface area contributed by atoms with Gasteiger partial charge in [0.15, 0.2) is 0 Å². The Morgan fingerprint density at radius 2 is 1.86 bits per heavy atom. The van der Waals surface area contributed by atoms with E-state index in [0.29, 0.717) is 18.0 Å². The third-order valence-electron chi connectivity index (χ3n) is 3.31. The highest BCUT2D eigenvalue weighted by Gasteiger charge is 2.26. The first kappa shape index (κ1) is 18.8. The lowest BCUT2D eigenvalue weighted by Gasteiger charge is -2.27. The fourth-order valence-electron chi connectivity index (χ4n) is 1.90. The van der Waals surface area contributed by atoms with Gasteiger partial charge in [0.05, 0.1) is 11.3 Å². The Balaban J connectivity index is 0.00000242. The van der Waals surface area contributed by atoms with Gasteiger partial charge in [-0.05, 0) is 17.7 Å². The van der Waals surface area contributed by atoms with Gasteiger partial charge in [-0.3, -0.25) is 4.79 Å². The van der Waals surface area contributed by atoms with Gasteiger partial charge < -0.3 is 10.6 Å². The molecule has 0 unspecified atom stereocenters. The van der Waals surface area contributed by atoms with Crippen molar-refractivity contribution in [3.63, 3.8) is 0 Å². The Bertz CT molecular complexity index is 604. The van der Waals surface area contributed by atoms with E-state index in [0.717, 1.165) is 25.2 Å². The van der Waals surface area contributed by atoms with Crippen LogP contribution in [0.1, 0.15) is 5.56 Å². The minimum absolute atomic E-state index is 0. The van der Waals surface area contributed by atoms with Crippen LogP contribution in [0.2, 0.25) is 0 Å². The average molecular weight is 355 g/mol. The van der Waals surface area contributed by atoms with Gasteiger partial charge in [0.25, 0.3) is 0 Å². The Morgan fingerprint density at radius 1 is 1.27 bits per heavy atom. The minimum Gasteiger partial charge on any atom is -0.355 e. The van der Waals surface area contributed by atoms with E-state index < -0.39 is 20.5 Å². The number of halogens is 3. The number of carbonyl (C=O) groups excluding carboxylic acids is 1. The summed E-state index contributed by atoms with van der Waals surface area (Å²) < 4.78 is 47.2. The second-order valence-corrected chi connectivity index (χ2v) is 6.87. The van der Waals surface area contributed by atoms with Crippen LogP contribution in [0, 0.1) is 5.92 Å². The van der Waals surface area contributed by atoms with E-state index in [-0.39, 0.29) is 24.7 Å². The third kappa shape index (κ3) is 4.62. The molecule has 1 fully saturated rings. The molecule has 124 valence electrons. The number of carbonyl (C=O) groups is 1. The zero-order valence-electron chi connectivity index (χ0n) is 11.6. The van der Waals surface area contributed by atoms with E-state index in [1.54, 1.807) is 0 Å². The molecule has 5 nitrogen and oxygen atoms in total. The zero-order chi connectivity index (χ0) is 15.5. The van der Waals surface area contributed by atoms with Gasteiger partial charge in [0.1, 0.15) is 0 Å². The third-order valence-corrected chi connectivity index (χ3v) is 4.70. The van der Waals surface area contributed by atoms with Crippen LogP contribution in [-0.4, -0.2) is 39.7 Å². The van der Waals surface area contributed by atoms with Crippen molar-refractivity contribution in [3.8, 4) is 0 Å². The van der Waals surface area contributed by atoms with E-state index in [2.05, 4.69) is 10.6 Å². The number of alkyl halides is 2. The van der Waals surface area contributed by atoms with Crippen molar-refractivity contribution in [2.75, 3.05) is 19.6 Å². The maximum Gasteiger partial charge on any atom is 0.341 e. The van der Waals surface area contributed by atoms with Gasteiger partial charge >= 0.3 is 5.76 Å². The molecular weight excluding hydrogens is 338 g/mol. The normalized spacial score (nSPS) is 15.0. The highest BCUT2D eigenvalue weighted by atomic mass is 35.5. The van der Waals surface area contributed by atoms with Gasteiger partial charge in [0.2, 0.25) is 15.7 Å².